The minimum absolute atomic E-state index is 0.300. The highest BCUT2D eigenvalue weighted by Gasteiger charge is 2.17. The van der Waals surface area contributed by atoms with E-state index in [9.17, 15) is 22.0 Å². The monoisotopic (exact) mass is 351 g/mol. The van der Waals surface area contributed by atoms with Crippen LogP contribution in [0.2, 0.25) is 0 Å². The van der Waals surface area contributed by atoms with Gasteiger partial charge in [0.15, 0.2) is 0 Å². The smallest absolute Gasteiger partial charge is 0.241 e. The van der Waals surface area contributed by atoms with E-state index >= 15 is 0 Å². The van der Waals surface area contributed by atoms with Gasteiger partial charge in [-0.25, -0.2) is 21.9 Å². The molecular formula is C15H11F2N3O3S. The molecule has 124 valence electrons. The number of hydrogen-bond acceptors (Lipinski definition) is 4. The fourth-order valence-corrected chi connectivity index (χ4v) is 2.75. The maximum absolute atomic E-state index is 13.2. The Morgan fingerprint density at radius 2 is 1.79 bits per heavy atom. The molecule has 0 saturated carbocycles. The standard InChI is InChI=1S/C15H11F2N3O3S/c16-11-1-3-12(4-2-11)20-15(21)9-19-24(22,23)13-5-6-14(17)10(7-13)8-18/h1-7,19H,9H2,(H,20,21). The van der Waals surface area contributed by atoms with Crippen LogP contribution in [0.5, 0.6) is 0 Å². The van der Waals surface area contributed by atoms with Crippen LogP contribution in [0.1, 0.15) is 5.56 Å². The van der Waals surface area contributed by atoms with Crippen molar-refractivity contribution in [3.05, 3.63) is 59.7 Å². The Labute approximate surface area is 136 Å². The van der Waals surface area contributed by atoms with E-state index < -0.39 is 39.7 Å². The van der Waals surface area contributed by atoms with Crippen molar-refractivity contribution in [3.8, 4) is 6.07 Å². The second-order valence-electron chi connectivity index (χ2n) is 4.63. The minimum atomic E-state index is -4.09. The molecule has 2 aromatic carbocycles. The number of nitrogens with zero attached hydrogens (tertiary/aromatic N) is 1. The Hall–Kier alpha value is -2.83. The predicted octanol–water partition coefficient (Wildman–Crippen LogP) is 1.75. The molecule has 0 aliphatic heterocycles. The van der Waals surface area contributed by atoms with Crippen molar-refractivity contribution in [2.75, 3.05) is 11.9 Å². The van der Waals surface area contributed by atoms with E-state index in [-0.39, 0.29) is 4.90 Å². The second-order valence-corrected chi connectivity index (χ2v) is 6.40. The van der Waals surface area contributed by atoms with Crippen molar-refractivity contribution in [1.29, 1.82) is 5.26 Å². The van der Waals surface area contributed by atoms with Gasteiger partial charge < -0.3 is 5.32 Å². The summed E-state index contributed by atoms with van der Waals surface area (Å²) >= 11 is 0. The molecule has 0 radical (unpaired) electrons. The summed E-state index contributed by atoms with van der Waals surface area (Å²) in [5.74, 6) is -1.99. The highest BCUT2D eigenvalue weighted by atomic mass is 32.2. The lowest BCUT2D eigenvalue weighted by Gasteiger charge is -2.08. The normalized spacial score (nSPS) is 10.9. The third-order valence-corrected chi connectivity index (χ3v) is 4.32. The number of amides is 1. The topological polar surface area (TPSA) is 99.1 Å². The molecule has 2 N–H and O–H groups in total. The first-order valence-corrected chi connectivity index (χ1v) is 8.05. The number of nitrogens with one attached hydrogen (secondary N) is 2. The zero-order valence-corrected chi connectivity index (χ0v) is 12.9. The maximum atomic E-state index is 13.2. The molecule has 2 aromatic rings. The molecule has 0 aliphatic carbocycles. The van der Waals surface area contributed by atoms with Gasteiger partial charge in [-0.05, 0) is 42.5 Å². The van der Waals surface area contributed by atoms with Gasteiger partial charge >= 0.3 is 0 Å². The van der Waals surface area contributed by atoms with E-state index in [2.05, 4.69) is 5.32 Å². The van der Waals surface area contributed by atoms with Crippen LogP contribution in [-0.4, -0.2) is 20.9 Å². The van der Waals surface area contributed by atoms with Gasteiger partial charge in [-0.2, -0.15) is 5.26 Å². The number of hydrogen-bond donors (Lipinski definition) is 2. The number of rotatable bonds is 5. The Balaban J connectivity index is 2.03. The summed E-state index contributed by atoms with van der Waals surface area (Å²) in [5.41, 5.74) is -0.122. The molecule has 0 fully saturated rings. The molecule has 0 saturated heterocycles. The van der Waals surface area contributed by atoms with Crippen LogP contribution in [-0.2, 0) is 14.8 Å². The lowest BCUT2D eigenvalue weighted by atomic mass is 10.2. The molecule has 0 aliphatic rings. The zero-order valence-electron chi connectivity index (χ0n) is 12.1. The summed E-state index contributed by atoms with van der Waals surface area (Å²) in [6, 6.07) is 9.16. The number of benzene rings is 2. The molecule has 0 aromatic heterocycles. The van der Waals surface area contributed by atoms with E-state index in [0.29, 0.717) is 5.69 Å². The average Bonchev–Trinajstić information content (AvgIpc) is 2.55. The highest BCUT2D eigenvalue weighted by Crippen LogP contribution is 2.14. The van der Waals surface area contributed by atoms with E-state index in [1.54, 1.807) is 0 Å². The van der Waals surface area contributed by atoms with Crippen molar-refractivity contribution in [2.45, 2.75) is 4.90 Å². The Morgan fingerprint density at radius 3 is 2.42 bits per heavy atom. The van der Waals surface area contributed by atoms with Crippen molar-refractivity contribution < 1.29 is 22.0 Å². The third kappa shape index (κ3) is 4.34. The Morgan fingerprint density at radius 1 is 1.12 bits per heavy atom. The lowest BCUT2D eigenvalue weighted by Crippen LogP contribution is -2.33. The highest BCUT2D eigenvalue weighted by molar-refractivity contribution is 7.89. The average molecular weight is 351 g/mol. The van der Waals surface area contributed by atoms with Crippen molar-refractivity contribution in [3.63, 3.8) is 0 Å². The summed E-state index contributed by atoms with van der Waals surface area (Å²) in [4.78, 5) is 11.4. The fourth-order valence-electron chi connectivity index (χ4n) is 1.74. The molecule has 0 spiro atoms. The minimum Gasteiger partial charge on any atom is -0.325 e. The number of halogens is 2. The van der Waals surface area contributed by atoms with Crippen LogP contribution in [0.15, 0.2) is 47.4 Å². The van der Waals surface area contributed by atoms with E-state index in [4.69, 9.17) is 5.26 Å². The van der Waals surface area contributed by atoms with Crippen LogP contribution in [0.3, 0.4) is 0 Å². The van der Waals surface area contributed by atoms with Crippen LogP contribution in [0.25, 0.3) is 0 Å². The van der Waals surface area contributed by atoms with Crippen molar-refractivity contribution in [1.82, 2.24) is 4.72 Å². The van der Waals surface area contributed by atoms with Crippen LogP contribution >= 0.6 is 0 Å². The number of anilines is 1. The summed E-state index contributed by atoms with van der Waals surface area (Å²) in [5, 5.41) is 11.1. The van der Waals surface area contributed by atoms with Crippen molar-refractivity contribution >= 4 is 21.6 Å². The van der Waals surface area contributed by atoms with Gasteiger partial charge in [-0.3, -0.25) is 4.79 Å². The van der Waals surface area contributed by atoms with Gasteiger partial charge in [0.1, 0.15) is 17.7 Å². The zero-order chi connectivity index (χ0) is 17.7. The molecule has 0 heterocycles. The number of nitriles is 1. The third-order valence-electron chi connectivity index (χ3n) is 2.92. The van der Waals surface area contributed by atoms with Gasteiger partial charge in [-0.15, -0.1) is 0 Å². The lowest BCUT2D eigenvalue weighted by molar-refractivity contribution is -0.115. The van der Waals surface area contributed by atoms with Crippen LogP contribution < -0.4 is 10.0 Å². The number of carbonyl (C=O) groups is 1. The number of sulfonamides is 1. The summed E-state index contributed by atoms with van der Waals surface area (Å²) in [6.45, 7) is -0.584. The van der Waals surface area contributed by atoms with E-state index in [1.807, 2.05) is 4.72 Å². The summed E-state index contributed by atoms with van der Waals surface area (Å²) < 4.78 is 52.1. The maximum Gasteiger partial charge on any atom is 0.241 e. The number of carbonyl (C=O) groups excluding carboxylic acids is 1. The molecule has 6 nitrogen and oxygen atoms in total. The molecule has 9 heteroatoms. The van der Waals surface area contributed by atoms with Gasteiger partial charge in [-0.1, -0.05) is 0 Å². The molecule has 1 amide bonds. The predicted molar refractivity (Wildman–Crippen MR) is 81.3 cm³/mol. The fraction of sp³-hybridized carbons (Fsp3) is 0.0667. The second kappa shape index (κ2) is 7.16. The van der Waals surface area contributed by atoms with E-state index in [1.165, 1.54) is 18.2 Å². The Kier molecular flexibility index (Phi) is 5.23. The van der Waals surface area contributed by atoms with Crippen molar-refractivity contribution in [2.24, 2.45) is 0 Å². The quantitative estimate of drug-likeness (QED) is 0.857. The van der Waals surface area contributed by atoms with Gasteiger partial charge in [0.25, 0.3) is 0 Å². The molecule has 0 unspecified atom stereocenters. The first-order chi connectivity index (χ1) is 11.3. The molecule has 2 rings (SSSR count). The van der Waals surface area contributed by atoms with Gasteiger partial charge in [0, 0.05) is 5.69 Å². The largest absolute Gasteiger partial charge is 0.325 e. The van der Waals surface area contributed by atoms with Crippen LogP contribution in [0.4, 0.5) is 14.5 Å². The first kappa shape index (κ1) is 17.5. The molecule has 0 bridgehead atoms. The molecule has 24 heavy (non-hydrogen) atoms. The Bertz CT molecular complexity index is 907. The van der Waals surface area contributed by atoms with Crippen LogP contribution in [0, 0.1) is 23.0 Å². The molecular weight excluding hydrogens is 340 g/mol. The first-order valence-electron chi connectivity index (χ1n) is 6.56. The van der Waals surface area contributed by atoms with E-state index in [0.717, 1.165) is 30.3 Å². The van der Waals surface area contributed by atoms with Gasteiger partial charge in [0.05, 0.1) is 17.0 Å². The molecule has 0 atom stereocenters. The summed E-state index contributed by atoms with van der Waals surface area (Å²) in [7, 11) is -4.09. The summed E-state index contributed by atoms with van der Waals surface area (Å²) in [6.07, 6.45) is 0. The SMILES string of the molecule is N#Cc1cc(S(=O)(=O)NCC(=O)Nc2ccc(F)cc2)ccc1F. The van der Waals surface area contributed by atoms with Gasteiger partial charge in [0.2, 0.25) is 15.9 Å².